The van der Waals surface area contributed by atoms with Crippen molar-refractivity contribution in [3.05, 3.63) is 58.0 Å². The summed E-state index contributed by atoms with van der Waals surface area (Å²) < 4.78 is 31.8. The van der Waals surface area contributed by atoms with Gasteiger partial charge in [0.15, 0.2) is 16.3 Å². The standard InChI is InChI=1S/C12H8Br2F2O/c13-8(11-3-4-12(14)17-11)5-7-1-2-9(15)10(16)6-7/h1-4,6,8H,5H2. The summed E-state index contributed by atoms with van der Waals surface area (Å²) >= 11 is 6.66. The van der Waals surface area contributed by atoms with Crippen LogP contribution in [0.1, 0.15) is 16.2 Å². The second-order valence-corrected chi connectivity index (χ2v) is 5.45. The zero-order valence-electron chi connectivity index (χ0n) is 8.59. The minimum Gasteiger partial charge on any atom is -0.453 e. The maximum absolute atomic E-state index is 13.0. The van der Waals surface area contributed by atoms with E-state index < -0.39 is 11.6 Å². The van der Waals surface area contributed by atoms with Gasteiger partial charge in [-0.25, -0.2) is 8.78 Å². The molecular weight excluding hydrogens is 358 g/mol. The summed E-state index contributed by atoms with van der Waals surface area (Å²) in [5.74, 6) is -0.926. The van der Waals surface area contributed by atoms with Crippen LogP contribution in [0.3, 0.4) is 0 Å². The fourth-order valence-corrected chi connectivity index (χ4v) is 2.41. The molecule has 0 saturated heterocycles. The Morgan fingerprint density at radius 2 is 1.88 bits per heavy atom. The summed E-state index contributed by atoms with van der Waals surface area (Å²) in [6, 6.07) is 7.49. The normalized spacial score (nSPS) is 12.7. The van der Waals surface area contributed by atoms with E-state index in [4.69, 9.17) is 4.42 Å². The molecule has 0 aliphatic heterocycles. The second-order valence-electron chi connectivity index (χ2n) is 3.56. The van der Waals surface area contributed by atoms with Crippen molar-refractivity contribution >= 4 is 31.9 Å². The average Bonchev–Trinajstić information content (AvgIpc) is 2.70. The minimum absolute atomic E-state index is 0.0707. The van der Waals surface area contributed by atoms with Crippen molar-refractivity contribution in [1.82, 2.24) is 0 Å². The highest BCUT2D eigenvalue weighted by Crippen LogP contribution is 2.30. The Morgan fingerprint density at radius 3 is 2.47 bits per heavy atom. The van der Waals surface area contributed by atoms with Gasteiger partial charge in [-0.2, -0.15) is 0 Å². The molecular formula is C12H8Br2F2O. The fraction of sp³-hybridized carbons (Fsp3) is 0.167. The summed E-state index contributed by atoms with van der Waals surface area (Å²) in [5, 5.41) is 0. The lowest BCUT2D eigenvalue weighted by molar-refractivity contribution is 0.484. The maximum Gasteiger partial charge on any atom is 0.169 e. The van der Waals surface area contributed by atoms with E-state index in [-0.39, 0.29) is 4.83 Å². The lowest BCUT2D eigenvalue weighted by Crippen LogP contribution is -1.95. The van der Waals surface area contributed by atoms with E-state index >= 15 is 0 Å². The Bertz CT molecular complexity index is 525. The molecule has 5 heteroatoms. The van der Waals surface area contributed by atoms with Gasteiger partial charge in [0.05, 0.1) is 4.83 Å². The molecule has 0 aliphatic carbocycles. The number of furan rings is 1. The van der Waals surface area contributed by atoms with Crippen molar-refractivity contribution in [2.75, 3.05) is 0 Å². The van der Waals surface area contributed by atoms with Crippen LogP contribution in [0.4, 0.5) is 8.78 Å². The first-order valence-corrected chi connectivity index (χ1v) is 6.60. The van der Waals surface area contributed by atoms with Crippen LogP contribution in [0.15, 0.2) is 39.4 Å². The molecule has 0 amide bonds. The first kappa shape index (κ1) is 12.8. The number of benzene rings is 1. The molecule has 2 rings (SSSR count). The van der Waals surface area contributed by atoms with E-state index in [2.05, 4.69) is 31.9 Å². The number of alkyl halides is 1. The first-order valence-electron chi connectivity index (χ1n) is 4.89. The number of rotatable bonds is 3. The molecule has 90 valence electrons. The third kappa shape index (κ3) is 3.16. The summed E-state index contributed by atoms with van der Waals surface area (Å²) in [7, 11) is 0. The number of halogens is 4. The van der Waals surface area contributed by atoms with E-state index in [1.807, 2.05) is 6.07 Å². The monoisotopic (exact) mass is 364 g/mol. The fourth-order valence-electron chi connectivity index (χ4n) is 1.47. The van der Waals surface area contributed by atoms with E-state index in [9.17, 15) is 8.78 Å². The highest BCUT2D eigenvalue weighted by Gasteiger charge is 2.13. The van der Waals surface area contributed by atoms with Crippen LogP contribution >= 0.6 is 31.9 Å². The molecule has 1 aromatic carbocycles. The quantitative estimate of drug-likeness (QED) is 0.697. The van der Waals surface area contributed by atoms with Crippen LogP contribution in [0.25, 0.3) is 0 Å². The summed E-state index contributed by atoms with van der Waals surface area (Å²) in [6.07, 6.45) is 0.525. The molecule has 1 aromatic heterocycles. The molecule has 0 saturated carbocycles. The van der Waals surface area contributed by atoms with Crippen LogP contribution in [0.2, 0.25) is 0 Å². The van der Waals surface area contributed by atoms with Gasteiger partial charge in [0.1, 0.15) is 5.76 Å². The Kier molecular flexibility index (Phi) is 3.99. The molecule has 1 unspecified atom stereocenters. The molecule has 0 fully saturated rings. The van der Waals surface area contributed by atoms with Gasteiger partial charge >= 0.3 is 0 Å². The van der Waals surface area contributed by atoms with Crippen molar-refractivity contribution in [2.24, 2.45) is 0 Å². The van der Waals surface area contributed by atoms with Gasteiger partial charge in [0.25, 0.3) is 0 Å². The molecule has 1 atom stereocenters. The van der Waals surface area contributed by atoms with Gasteiger partial charge in [-0.1, -0.05) is 22.0 Å². The van der Waals surface area contributed by atoms with Gasteiger partial charge in [-0.3, -0.25) is 0 Å². The maximum atomic E-state index is 13.0. The van der Waals surface area contributed by atoms with Gasteiger partial charge in [0, 0.05) is 0 Å². The molecule has 17 heavy (non-hydrogen) atoms. The molecule has 2 aromatic rings. The second kappa shape index (κ2) is 5.31. The SMILES string of the molecule is Fc1ccc(CC(Br)c2ccc(Br)o2)cc1F. The predicted octanol–water partition coefficient (Wildman–Crippen LogP) is 5.00. The lowest BCUT2D eigenvalue weighted by Gasteiger charge is -2.07. The molecule has 0 bridgehead atoms. The Hall–Kier alpha value is -0.680. The number of hydrogen-bond acceptors (Lipinski definition) is 1. The van der Waals surface area contributed by atoms with Crippen molar-refractivity contribution in [3.8, 4) is 0 Å². The molecule has 1 heterocycles. The molecule has 0 aliphatic rings. The third-order valence-corrected chi connectivity index (χ3v) is 3.50. The average molecular weight is 366 g/mol. The van der Waals surface area contributed by atoms with Gasteiger partial charge in [0.2, 0.25) is 0 Å². The summed E-state index contributed by atoms with van der Waals surface area (Å²) in [5.41, 5.74) is 0.707. The first-order chi connectivity index (χ1) is 8.06. The topological polar surface area (TPSA) is 13.1 Å². The Labute approximate surface area is 114 Å². The highest BCUT2D eigenvalue weighted by molar-refractivity contribution is 9.10. The van der Waals surface area contributed by atoms with Crippen molar-refractivity contribution < 1.29 is 13.2 Å². The van der Waals surface area contributed by atoms with E-state index in [1.54, 1.807) is 12.1 Å². The molecule has 1 nitrogen and oxygen atoms in total. The summed E-state index contributed by atoms with van der Waals surface area (Å²) in [6.45, 7) is 0. The van der Waals surface area contributed by atoms with Crippen LogP contribution in [0.5, 0.6) is 0 Å². The Balaban J connectivity index is 2.12. The van der Waals surface area contributed by atoms with Crippen molar-refractivity contribution in [1.29, 1.82) is 0 Å². The number of hydrogen-bond donors (Lipinski definition) is 0. The van der Waals surface area contributed by atoms with Crippen LogP contribution in [0, 0.1) is 11.6 Å². The van der Waals surface area contributed by atoms with Gasteiger partial charge < -0.3 is 4.42 Å². The smallest absolute Gasteiger partial charge is 0.169 e. The largest absolute Gasteiger partial charge is 0.453 e. The summed E-state index contributed by atoms with van der Waals surface area (Å²) in [4.78, 5) is -0.0707. The molecule has 0 radical (unpaired) electrons. The molecule has 0 spiro atoms. The zero-order chi connectivity index (χ0) is 12.4. The van der Waals surface area contributed by atoms with Gasteiger partial charge in [-0.15, -0.1) is 0 Å². The lowest BCUT2D eigenvalue weighted by atomic mass is 10.1. The Morgan fingerprint density at radius 1 is 1.12 bits per heavy atom. The van der Waals surface area contributed by atoms with E-state index in [0.717, 1.165) is 11.8 Å². The van der Waals surface area contributed by atoms with Crippen molar-refractivity contribution in [2.45, 2.75) is 11.2 Å². The highest BCUT2D eigenvalue weighted by atomic mass is 79.9. The van der Waals surface area contributed by atoms with Crippen LogP contribution in [-0.4, -0.2) is 0 Å². The molecule has 0 N–H and O–H groups in total. The van der Waals surface area contributed by atoms with Crippen LogP contribution in [-0.2, 0) is 6.42 Å². The third-order valence-electron chi connectivity index (χ3n) is 2.30. The predicted molar refractivity (Wildman–Crippen MR) is 68.1 cm³/mol. The zero-order valence-corrected chi connectivity index (χ0v) is 11.8. The van der Waals surface area contributed by atoms with E-state index in [0.29, 0.717) is 16.7 Å². The van der Waals surface area contributed by atoms with Crippen LogP contribution < -0.4 is 0 Å². The van der Waals surface area contributed by atoms with Gasteiger partial charge in [-0.05, 0) is 52.2 Å². The van der Waals surface area contributed by atoms with Crippen molar-refractivity contribution in [3.63, 3.8) is 0 Å². The van der Waals surface area contributed by atoms with E-state index in [1.165, 1.54) is 6.07 Å². The minimum atomic E-state index is -0.833.